The predicted octanol–water partition coefficient (Wildman–Crippen LogP) is 5.52. The average molecular weight is 511 g/mol. The Morgan fingerprint density at radius 3 is 2.28 bits per heavy atom. The van der Waals surface area contributed by atoms with Crippen LogP contribution in [0.4, 0.5) is 11.4 Å². The summed E-state index contributed by atoms with van der Waals surface area (Å²) < 4.78 is 5.66. The lowest BCUT2D eigenvalue weighted by Crippen LogP contribution is -2.19. The Morgan fingerprint density at radius 2 is 1.67 bits per heavy atom. The lowest BCUT2D eigenvalue weighted by Gasteiger charge is -2.17. The molecule has 2 N–H and O–H groups in total. The van der Waals surface area contributed by atoms with Crippen LogP contribution in [0, 0.1) is 0 Å². The van der Waals surface area contributed by atoms with Crippen LogP contribution in [-0.2, 0) is 22.2 Å². The molecule has 0 saturated carbocycles. The van der Waals surface area contributed by atoms with Gasteiger partial charge in [-0.2, -0.15) is 0 Å². The number of carbonyl (C=O) groups excluding carboxylic acids is 1. The van der Waals surface area contributed by atoms with E-state index < -0.39 is 6.49 Å². The topological polar surface area (TPSA) is 50.4 Å². The molecule has 0 atom stereocenters. The first-order valence-corrected chi connectivity index (χ1v) is 12.2. The van der Waals surface area contributed by atoms with Gasteiger partial charge in [-0.15, -0.1) is 0 Å². The first-order valence-electron chi connectivity index (χ1n) is 12.2. The SMILES string of the molecule is C.C.[B][B]Cc1cc(NC)ccc1-c1ccc(NCOC=Cc2ccc(C=CC(C)=O)cc2)c(CB([B])[B])c1. The van der Waals surface area contributed by atoms with Gasteiger partial charge in [-0.25, -0.2) is 0 Å². The number of nitrogens with one attached hydrogen (secondary N) is 2. The summed E-state index contributed by atoms with van der Waals surface area (Å²) in [6, 6.07) is 20.3. The van der Waals surface area contributed by atoms with E-state index in [1.165, 1.54) is 6.92 Å². The Kier molecular flexibility index (Phi) is 14.8. The Morgan fingerprint density at radius 1 is 0.974 bits per heavy atom. The summed E-state index contributed by atoms with van der Waals surface area (Å²) in [6.45, 7) is 1.34. The molecule has 3 aromatic carbocycles. The standard InChI is InChI=1S/C28H28B5N2O2.2CH4/c1-20(36)3-4-21-5-7-22(8-6-21)13-14-37-19-35-28-12-9-23(15-25(28)18-33(30)31)27-11-10-26(34-2)16-24(27)17-32-29;;/h3-16,34-35H,17-19H2,1-2H3;2*1H4. The van der Waals surface area contributed by atoms with Crippen molar-refractivity contribution in [1.29, 1.82) is 0 Å². The average Bonchev–Trinajstić information content (AvgIpc) is 2.88. The van der Waals surface area contributed by atoms with Crippen molar-refractivity contribution >= 4 is 66.2 Å². The van der Waals surface area contributed by atoms with E-state index in [1.54, 1.807) is 25.6 Å². The summed E-state index contributed by atoms with van der Waals surface area (Å²) in [4.78, 5) is 11.1. The molecule has 0 amide bonds. The van der Waals surface area contributed by atoms with Crippen molar-refractivity contribution in [3.8, 4) is 11.1 Å². The van der Waals surface area contributed by atoms with Crippen molar-refractivity contribution in [2.75, 3.05) is 24.4 Å². The monoisotopic (exact) mass is 511 g/mol. The Labute approximate surface area is 240 Å². The summed E-state index contributed by atoms with van der Waals surface area (Å²) in [5.74, 6) is 0.0225. The Balaban J connectivity index is 0.00000380. The van der Waals surface area contributed by atoms with Crippen LogP contribution in [0.5, 0.6) is 0 Å². The highest BCUT2D eigenvalue weighted by Crippen LogP contribution is 2.30. The van der Waals surface area contributed by atoms with Crippen LogP contribution >= 0.6 is 0 Å². The van der Waals surface area contributed by atoms with Gasteiger partial charge in [-0.05, 0) is 76.7 Å². The van der Waals surface area contributed by atoms with Gasteiger partial charge >= 0.3 is 0 Å². The molecule has 3 aromatic rings. The molecule has 0 aliphatic rings. The summed E-state index contributed by atoms with van der Waals surface area (Å²) in [5, 5.41) is 6.49. The molecule has 4 nitrogen and oxygen atoms in total. The molecule has 0 unspecified atom stereocenters. The molecule has 193 valence electrons. The first kappa shape index (κ1) is 33.6. The zero-order chi connectivity index (χ0) is 26.6. The van der Waals surface area contributed by atoms with Crippen LogP contribution in [0.3, 0.4) is 0 Å². The van der Waals surface area contributed by atoms with E-state index in [0.29, 0.717) is 12.6 Å². The minimum atomic E-state index is -0.478. The number of hydrogen-bond donors (Lipinski definition) is 2. The van der Waals surface area contributed by atoms with E-state index >= 15 is 0 Å². The van der Waals surface area contributed by atoms with Gasteiger partial charge in [0, 0.05) is 41.6 Å². The fraction of sp³-hybridized carbons (Fsp3) is 0.233. The minimum Gasteiger partial charge on any atom is -0.481 e. The molecule has 3 rings (SSSR count). The van der Waals surface area contributed by atoms with Crippen LogP contribution in [0.2, 0.25) is 0 Å². The second kappa shape index (κ2) is 17.2. The van der Waals surface area contributed by atoms with Gasteiger partial charge < -0.3 is 15.4 Å². The first-order chi connectivity index (χ1) is 17.9. The Bertz CT molecular complexity index is 1240. The highest BCUT2D eigenvalue weighted by Gasteiger charge is 2.11. The minimum absolute atomic E-state index is 0. The molecule has 0 aromatic heterocycles. The van der Waals surface area contributed by atoms with Gasteiger partial charge in [0.1, 0.15) is 0 Å². The number of carbonyl (C=O) groups is 1. The third-order valence-electron chi connectivity index (χ3n) is 5.75. The number of benzene rings is 3. The Hall–Kier alpha value is -3.47. The van der Waals surface area contributed by atoms with Crippen molar-refractivity contribution in [2.45, 2.75) is 34.4 Å². The van der Waals surface area contributed by atoms with E-state index in [0.717, 1.165) is 44.8 Å². The van der Waals surface area contributed by atoms with Gasteiger partial charge in [0.15, 0.2) is 12.5 Å². The van der Waals surface area contributed by atoms with Crippen molar-refractivity contribution in [3.05, 3.63) is 95.3 Å². The lowest BCUT2D eigenvalue weighted by atomic mass is 9.18. The third-order valence-corrected chi connectivity index (χ3v) is 5.75. The molecular formula is C30H36B5N2O2. The van der Waals surface area contributed by atoms with Crippen LogP contribution in [0.25, 0.3) is 23.3 Å². The second-order valence-electron chi connectivity index (χ2n) is 8.70. The molecule has 0 aliphatic heterocycles. The maximum atomic E-state index is 11.1. The molecule has 0 fully saturated rings. The largest absolute Gasteiger partial charge is 0.481 e. The second-order valence-corrected chi connectivity index (χ2v) is 8.70. The quantitative estimate of drug-likeness (QED) is 0.105. The number of ether oxygens (including phenoxy) is 1. The van der Waals surface area contributed by atoms with Gasteiger partial charge in [0.05, 0.1) is 19.9 Å². The molecule has 0 saturated heterocycles. The number of allylic oxidation sites excluding steroid dienone is 1. The van der Waals surface area contributed by atoms with Crippen LogP contribution in [-0.4, -0.2) is 56.4 Å². The molecule has 9 heteroatoms. The van der Waals surface area contributed by atoms with E-state index in [2.05, 4.69) is 34.9 Å². The molecular weight excluding hydrogens is 474 g/mol. The zero-order valence-electron chi connectivity index (χ0n) is 21.4. The molecule has 0 heterocycles. The third kappa shape index (κ3) is 10.7. The summed E-state index contributed by atoms with van der Waals surface area (Å²) in [5.41, 5.74) is 8.24. The maximum absolute atomic E-state index is 11.1. The van der Waals surface area contributed by atoms with Crippen molar-refractivity contribution < 1.29 is 9.53 Å². The smallest absolute Gasteiger partial charge is 0.158 e. The van der Waals surface area contributed by atoms with Crippen molar-refractivity contribution in [3.63, 3.8) is 0 Å². The molecule has 7 radical (unpaired) electrons. The number of anilines is 2. The summed E-state index contributed by atoms with van der Waals surface area (Å²) >= 11 is 0. The highest BCUT2D eigenvalue weighted by atomic mass is 16.5. The van der Waals surface area contributed by atoms with Crippen molar-refractivity contribution in [1.82, 2.24) is 0 Å². The van der Waals surface area contributed by atoms with Crippen LogP contribution < -0.4 is 10.6 Å². The maximum Gasteiger partial charge on any atom is 0.158 e. The fourth-order valence-electron chi connectivity index (χ4n) is 3.91. The molecule has 39 heavy (non-hydrogen) atoms. The lowest BCUT2D eigenvalue weighted by molar-refractivity contribution is -0.112. The van der Waals surface area contributed by atoms with Crippen LogP contribution in [0.1, 0.15) is 44.0 Å². The predicted molar refractivity (Wildman–Crippen MR) is 176 cm³/mol. The van der Waals surface area contributed by atoms with E-state index in [4.69, 9.17) is 27.9 Å². The highest BCUT2D eigenvalue weighted by molar-refractivity contribution is 7.28. The van der Waals surface area contributed by atoms with Crippen molar-refractivity contribution in [2.24, 2.45) is 0 Å². The molecule has 0 spiro atoms. The van der Waals surface area contributed by atoms with Gasteiger partial charge in [0.25, 0.3) is 0 Å². The normalized spacial score (nSPS) is 10.4. The van der Waals surface area contributed by atoms with Crippen LogP contribution in [0.15, 0.2) is 73.0 Å². The van der Waals surface area contributed by atoms with E-state index in [9.17, 15) is 4.79 Å². The van der Waals surface area contributed by atoms with E-state index in [1.807, 2.05) is 49.5 Å². The summed E-state index contributed by atoms with van der Waals surface area (Å²) in [7, 11) is 21.2. The number of ketones is 1. The molecule has 0 bridgehead atoms. The van der Waals surface area contributed by atoms with Gasteiger partial charge in [-0.1, -0.05) is 70.0 Å². The van der Waals surface area contributed by atoms with E-state index in [-0.39, 0.29) is 27.4 Å². The fourth-order valence-corrected chi connectivity index (χ4v) is 3.91. The number of hydrogen-bond acceptors (Lipinski definition) is 4. The number of rotatable bonds is 13. The zero-order valence-corrected chi connectivity index (χ0v) is 21.4. The molecule has 0 aliphatic carbocycles. The van der Waals surface area contributed by atoms with Gasteiger partial charge in [0.2, 0.25) is 0 Å². The van der Waals surface area contributed by atoms with Gasteiger partial charge in [-0.3, -0.25) is 4.79 Å². The summed E-state index contributed by atoms with van der Waals surface area (Å²) in [6.07, 6.45) is 8.05.